The Morgan fingerprint density at radius 2 is 1.77 bits per heavy atom. The lowest BCUT2D eigenvalue weighted by Gasteiger charge is -2.32. The maximum atomic E-state index is 10.5. The van der Waals surface area contributed by atoms with Crippen molar-refractivity contribution in [1.82, 2.24) is 9.88 Å². The third-order valence-electron chi connectivity index (χ3n) is 4.27. The fourth-order valence-electron chi connectivity index (χ4n) is 2.59. The first kappa shape index (κ1) is 16.8. The van der Waals surface area contributed by atoms with E-state index in [4.69, 9.17) is 0 Å². The van der Waals surface area contributed by atoms with Gasteiger partial charge >= 0.3 is 0 Å². The molecule has 0 saturated heterocycles. The van der Waals surface area contributed by atoms with Crippen LogP contribution in [-0.4, -0.2) is 22.4 Å². The molecule has 120 valence electrons. The van der Waals surface area contributed by atoms with Crippen molar-refractivity contribution in [3.05, 3.63) is 48.2 Å². The molecule has 0 spiro atoms. The maximum absolute atomic E-state index is 10.5. The van der Waals surface area contributed by atoms with Crippen molar-refractivity contribution >= 4 is 0 Å². The summed E-state index contributed by atoms with van der Waals surface area (Å²) in [5.74, 6) is 0.519. The molecule has 1 aromatic heterocycles. The van der Waals surface area contributed by atoms with E-state index in [9.17, 15) is 5.11 Å². The fourth-order valence-corrected chi connectivity index (χ4v) is 2.59. The van der Waals surface area contributed by atoms with Gasteiger partial charge in [0.15, 0.2) is 0 Å². The van der Waals surface area contributed by atoms with Crippen molar-refractivity contribution in [1.29, 1.82) is 0 Å². The van der Waals surface area contributed by atoms with Crippen LogP contribution in [0.25, 0.3) is 11.3 Å². The molecule has 2 N–H and O–H groups in total. The fraction of sp³-hybridized carbons (Fsp3) is 0.474. The van der Waals surface area contributed by atoms with Gasteiger partial charge in [0.25, 0.3) is 0 Å². The predicted molar refractivity (Wildman–Crippen MR) is 92.7 cm³/mol. The highest BCUT2D eigenvalue weighted by molar-refractivity contribution is 5.60. The van der Waals surface area contributed by atoms with Gasteiger partial charge in [-0.05, 0) is 35.7 Å². The van der Waals surface area contributed by atoms with Crippen molar-refractivity contribution in [2.45, 2.75) is 39.3 Å². The third kappa shape index (κ3) is 3.60. The zero-order valence-electron chi connectivity index (χ0n) is 14.3. The van der Waals surface area contributed by atoms with Crippen LogP contribution in [0.4, 0.5) is 0 Å². The normalized spacial score (nSPS) is 13.6. The average Bonchev–Trinajstić information content (AvgIpc) is 2.91. The van der Waals surface area contributed by atoms with Crippen LogP contribution < -0.4 is 5.32 Å². The molecule has 0 aliphatic heterocycles. The number of aliphatic hydroxyl groups is 1. The van der Waals surface area contributed by atoms with E-state index in [0.29, 0.717) is 5.92 Å². The minimum Gasteiger partial charge on any atom is -0.378 e. The topological polar surface area (TPSA) is 37.2 Å². The second-order valence-corrected chi connectivity index (χ2v) is 7.01. The van der Waals surface area contributed by atoms with Gasteiger partial charge in [-0.25, -0.2) is 0 Å². The van der Waals surface area contributed by atoms with Crippen molar-refractivity contribution in [3.8, 4) is 11.3 Å². The number of hydrogen-bond acceptors (Lipinski definition) is 2. The number of rotatable bonds is 6. The smallest absolute Gasteiger partial charge is 0.114 e. The lowest BCUT2D eigenvalue weighted by atomic mass is 9.82. The lowest BCUT2D eigenvalue weighted by Crippen LogP contribution is -2.45. The summed E-state index contributed by atoms with van der Waals surface area (Å²) in [6, 6.07) is 12.6. The summed E-state index contributed by atoms with van der Waals surface area (Å²) < 4.78 is 2.11. The zero-order valence-corrected chi connectivity index (χ0v) is 14.3. The molecule has 1 atom stereocenters. The average molecular weight is 300 g/mol. The monoisotopic (exact) mass is 300 g/mol. The van der Waals surface area contributed by atoms with Crippen molar-refractivity contribution in [3.63, 3.8) is 0 Å². The Morgan fingerprint density at radius 3 is 2.27 bits per heavy atom. The first-order chi connectivity index (χ1) is 10.3. The Labute approximate surface area is 134 Å². The minimum absolute atomic E-state index is 0.332. The van der Waals surface area contributed by atoms with E-state index in [1.807, 2.05) is 19.3 Å². The quantitative estimate of drug-likeness (QED) is 0.801. The molecule has 0 bridgehead atoms. The number of aryl methyl sites for hydroxylation is 1. The molecule has 2 aromatic rings. The first-order valence-corrected chi connectivity index (χ1v) is 7.96. The van der Waals surface area contributed by atoms with Gasteiger partial charge in [0, 0.05) is 24.4 Å². The van der Waals surface area contributed by atoms with Gasteiger partial charge in [0.1, 0.15) is 6.23 Å². The number of benzene rings is 1. The highest BCUT2D eigenvalue weighted by atomic mass is 16.3. The predicted octanol–water partition coefficient (Wildman–Crippen LogP) is 3.53. The SMILES string of the molecule is CC(C)CNC(O)C(C)(C)c1ccc(-c2cccn2C)cc1. The summed E-state index contributed by atoms with van der Waals surface area (Å²) >= 11 is 0. The van der Waals surface area contributed by atoms with Crippen molar-refractivity contribution in [2.75, 3.05) is 6.54 Å². The molecule has 0 amide bonds. The maximum Gasteiger partial charge on any atom is 0.114 e. The molecule has 0 aliphatic carbocycles. The van der Waals surface area contributed by atoms with Gasteiger partial charge in [-0.2, -0.15) is 0 Å². The number of hydrogen-bond donors (Lipinski definition) is 2. The van der Waals surface area contributed by atoms with E-state index in [0.717, 1.165) is 12.1 Å². The minimum atomic E-state index is -0.559. The molecule has 2 rings (SSSR count). The molecule has 3 heteroatoms. The van der Waals surface area contributed by atoms with Crippen LogP contribution in [0.1, 0.15) is 33.3 Å². The summed E-state index contributed by atoms with van der Waals surface area (Å²) in [5, 5.41) is 13.7. The van der Waals surface area contributed by atoms with Crippen molar-refractivity contribution in [2.24, 2.45) is 13.0 Å². The standard InChI is InChI=1S/C19H28N2O/c1-14(2)13-20-18(22)19(3,4)16-10-8-15(9-11-16)17-7-6-12-21(17)5/h6-12,14,18,20,22H,13H2,1-5H3. The summed E-state index contributed by atoms with van der Waals surface area (Å²) in [6.07, 6.45) is 1.49. The lowest BCUT2D eigenvalue weighted by molar-refractivity contribution is 0.0644. The third-order valence-corrected chi connectivity index (χ3v) is 4.27. The Hall–Kier alpha value is -1.58. The van der Waals surface area contributed by atoms with Crippen LogP contribution in [0.2, 0.25) is 0 Å². The van der Waals surface area contributed by atoms with E-state index in [1.165, 1.54) is 11.3 Å². The number of nitrogens with zero attached hydrogens (tertiary/aromatic N) is 1. The summed E-state index contributed by atoms with van der Waals surface area (Å²) in [6.45, 7) is 9.24. The molecule has 0 radical (unpaired) electrons. The largest absolute Gasteiger partial charge is 0.378 e. The Kier molecular flexibility index (Phi) is 5.09. The number of aliphatic hydroxyl groups excluding tert-OH is 1. The van der Waals surface area contributed by atoms with E-state index in [2.05, 4.69) is 67.9 Å². The molecule has 22 heavy (non-hydrogen) atoms. The molecule has 1 unspecified atom stereocenters. The molecule has 3 nitrogen and oxygen atoms in total. The van der Waals surface area contributed by atoms with E-state index >= 15 is 0 Å². The molecule has 1 heterocycles. The Morgan fingerprint density at radius 1 is 1.14 bits per heavy atom. The second kappa shape index (κ2) is 6.67. The molecule has 1 aromatic carbocycles. The first-order valence-electron chi connectivity index (χ1n) is 7.96. The van der Waals surface area contributed by atoms with Gasteiger partial charge in [0.2, 0.25) is 0 Å². The van der Waals surface area contributed by atoms with E-state index in [-0.39, 0.29) is 5.41 Å². The summed E-state index contributed by atoms with van der Waals surface area (Å²) in [4.78, 5) is 0. The summed E-state index contributed by atoms with van der Waals surface area (Å²) in [7, 11) is 2.05. The van der Waals surface area contributed by atoms with Crippen LogP contribution in [0.3, 0.4) is 0 Å². The number of aromatic nitrogens is 1. The van der Waals surface area contributed by atoms with E-state index < -0.39 is 6.23 Å². The highest BCUT2D eigenvalue weighted by Gasteiger charge is 2.29. The van der Waals surface area contributed by atoms with Crippen LogP contribution in [0.15, 0.2) is 42.6 Å². The molecule has 0 saturated carbocycles. The Balaban J connectivity index is 2.16. The van der Waals surface area contributed by atoms with Gasteiger partial charge in [-0.3, -0.25) is 5.32 Å². The van der Waals surface area contributed by atoms with Gasteiger partial charge in [-0.1, -0.05) is 52.0 Å². The molecular weight excluding hydrogens is 272 g/mol. The second-order valence-electron chi connectivity index (χ2n) is 7.01. The van der Waals surface area contributed by atoms with Crippen LogP contribution in [-0.2, 0) is 12.5 Å². The Bertz CT molecular complexity index is 596. The van der Waals surface area contributed by atoms with Crippen LogP contribution in [0.5, 0.6) is 0 Å². The van der Waals surface area contributed by atoms with E-state index in [1.54, 1.807) is 0 Å². The van der Waals surface area contributed by atoms with Crippen LogP contribution >= 0.6 is 0 Å². The van der Waals surface area contributed by atoms with Gasteiger partial charge in [-0.15, -0.1) is 0 Å². The molecule has 0 fully saturated rings. The summed E-state index contributed by atoms with van der Waals surface area (Å²) in [5.41, 5.74) is 3.19. The van der Waals surface area contributed by atoms with Gasteiger partial charge in [0.05, 0.1) is 0 Å². The molecular formula is C19H28N2O. The van der Waals surface area contributed by atoms with Crippen molar-refractivity contribution < 1.29 is 5.11 Å². The highest BCUT2D eigenvalue weighted by Crippen LogP contribution is 2.29. The number of nitrogens with one attached hydrogen (secondary N) is 1. The molecule has 0 aliphatic rings. The van der Waals surface area contributed by atoms with Crippen LogP contribution in [0, 0.1) is 5.92 Å². The van der Waals surface area contributed by atoms with Gasteiger partial charge < -0.3 is 9.67 Å². The zero-order chi connectivity index (χ0) is 16.3.